The smallest absolute Gasteiger partial charge is 0.271 e. The second-order valence-corrected chi connectivity index (χ2v) is 8.75. The minimum atomic E-state index is -0.502. The third kappa shape index (κ3) is 5.11. The number of aryl methyl sites for hydroxylation is 1. The number of benzene rings is 3. The number of nitro benzene ring substituents is 1. The van der Waals surface area contributed by atoms with Crippen LogP contribution in [0.3, 0.4) is 0 Å². The Morgan fingerprint density at radius 1 is 1.03 bits per heavy atom. The summed E-state index contributed by atoms with van der Waals surface area (Å²) in [4.78, 5) is 35.7. The zero-order valence-corrected chi connectivity index (χ0v) is 19.3. The highest BCUT2D eigenvalue weighted by atomic mass is 35.5. The molecule has 0 saturated heterocycles. The van der Waals surface area contributed by atoms with Crippen LogP contribution in [-0.4, -0.2) is 23.0 Å². The van der Waals surface area contributed by atoms with E-state index in [0.29, 0.717) is 21.3 Å². The molecule has 4 aromatic rings. The van der Waals surface area contributed by atoms with Gasteiger partial charge in [0.25, 0.3) is 17.5 Å². The third-order valence-electron chi connectivity index (χ3n) is 4.89. The van der Waals surface area contributed by atoms with Crippen molar-refractivity contribution in [1.29, 1.82) is 0 Å². The zero-order valence-electron chi connectivity index (χ0n) is 17.7. The zero-order chi connectivity index (χ0) is 24.2. The number of hydrazone groups is 1. The molecular formula is C24H17ClN4O4S. The van der Waals surface area contributed by atoms with Crippen molar-refractivity contribution in [2.45, 2.75) is 6.92 Å². The van der Waals surface area contributed by atoms with Crippen LogP contribution in [0, 0.1) is 17.0 Å². The van der Waals surface area contributed by atoms with Crippen molar-refractivity contribution in [3.63, 3.8) is 0 Å². The summed E-state index contributed by atoms with van der Waals surface area (Å²) in [6.07, 6.45) is 1.55. The number of hydrogen-bond donors (Lipinski definition) is 2. The van der Waals surface area contributed by atoms with Crippen LogP contribution in [0.4, 0.5) is 11.4 Å². The molecule has 0 bridgehead atoms. The van der Waals surface area contributed by atoms with E-state index in [4.69, 9.17) is 11.6 Å². The summed E-state index contributed by atoms with van der Waals surface area (Å²) >= 11 is 7.40. The molecule has 0 saturated carbocycles. The van der Waals surface area contributed by atoms with Gasteiger partial charge in [-0.05, 0) is 42.8 Å². The highest BCUT2D eigenvalue weighted by molar-refractivity contribution is 7.21. The van der Waals surface area contributed by atoms with E-state index in [1.165, 1.54) is 18.2 Å². The van der Waals surface area contributed by atoms with Crippen LogP contribution < -0.4 is 10.7 Å². The number of nitrogens with one attached hydrogen (secondary N) is 2. The van der Waals surface area contributed by atoms with E-state index in [2.05, 4.69) is 15.8 Å². The van der Waals surface area contributed by atoms with E-state index in [1.54, 1.807) is 30.5 Å². The van der Waals surface area contributed by atoms with E-state index in [-0.39, 0.29) is 15.6 Å². The van der Waals surface area contributed by atoms with Gasteiger partial charge in [-0.25, -0.2) is 5.43 Å². The fourth-order valence-corrected chi connectivity index (χ4v) is 4.53. The highest BCUT2D eigenvalue weighted by Crippen LogP contribution is 2.37. The van der Waals surface area contributed by atoms with E-state index in [0.717, 1.165) is 22.5 Å². The summed E-state index contributed by atoms with van der Waals surface area (Å²) in [5.74, 6) is -0.843. The minimum absolute atomic E-state index is 0.0746. The molecule has 1 aromatic heterocycles. The largest absolute Gasteiger partial charge is 0.321 e. The third-order valence-corrected chi connectivity index (χ3v) is 6.55. The Morgan fingerprint density at radius 2 is 1.74 bits per heavy atom. The number of rotatable bonds is 6. The summed E-state index contributed by atoms with van der Waals surface area (Å²) in [5.41, 5.74) is 5.21. The van der Waals surface area contributed by atoms with Crippen LogP contribution in [0.15, 0.2) is 71.8 Å². The van der Waals surface area contributed by atoms with E-state index >= 15 is 0 Å². The van der Waals surface area contributed by atoms with Gasteiger partial charge in [-0.1, -0.05) is 41.4 Å². The van der Waals surface area contributed by atoms with Crippen LogP contribution >= 0.6 is 22.9 Å². The van der Waals surface area contributed by atoms with Crippen molar-refractivity contribution in [1.82, 2.24) is 5.43 Å². The van der Waals surface area contributed by atoms with Crippen LogP contribution in [0.2, 0.25) is 5.02 Å². The molecule has 2 amide bonds. The number of halogens is 1. The standard InChI is InChI=1S/C24H17ClN4O4S/c1-14-2-4-15(5-3-14)13-26-28-23(30)16-6-8-17(9-7-16)27-24(31)22-21(25)19-11-10-18(29(32)33)12-20(19)34-22/h2-13H,1H3,(H,27,31)(H,28,30)/b26-13-. The Kier molecular flexibility index (Phi) is 6.67. The number of carbonyl (C=O) groups is 2. The Labute approximate surface area is 203 Å². The van der Waals surface area contributed by atoms with Crippen LogP contribution in [0.25, 0.3) is 10.1 Å². The number of nitrogens with zero attached hydrogens (tertiary/aromatic N) is 2. The summed E-state index contributed by atoms with van der Waals surface area (Å²) < 4.78 is 0.544. The molecule has 34 heavy (non-hydrogen) atoms. The number of carbonyl (C=O) groups excluding carboxylic acids is 2. The van der Waals surface area contributed by atoms with Crippen molar-refractivity contribution < 1.29 is 14.5 Å². The molecule has 0 atom stereocenters. The summed E-state index contributed by atoms with van der Waals surface area (Å²) in [6.45, 7) is 1.99. The number of anilines is 1. The molecule has 10 heteroatoms. The lowest BCUT2D eigenvalue weighted by atomic mass is 10.2. The molecule has 1 heterocycles. The SMILES string of the molecule is Cc1ccc(/C=N\NC(=O)c2ccc(NC(=O)c3sc4cc([N+](=O)[O-])ccc4c3Cl)cc2)cc1. The molecular weight excluding hydrogens is 476 g/mol. The molecule has 0 spiro atoms. The monoisotopic (exact) mass is 492 g/mol. The fraction of sp³-hybridized carbons (Fsp3) is 0.0417. The first-order valence-electron chi connectivity index (χ1n) is 10.00. The molecule has 0 radical (unpaired) electrons. The Morgan fingerprint density at radius 3 is 2.41 bits per heavy atom. The van der Waals surface area contributed by atoms with Crippen molar-refractivity contribution in [2.24, 2.45) is 5.10 Å². The maximum atomic E-state index is 12.7. The Balaban J connectivity index is 1.41. The van der Waals surface area contributed by atoms with Gasteiger partial charge >= 0.3 is 0 Å². The van der Waals surface area contributed by atoms with Crippen LogP contribution in [0.5, 0.6) is 0 Å². The second kappa shape index (κ2) is 9.82. The van der Waals surface area contributed by atoms with Gasteiger partial charge in [0.1, 0.15) is 4.88 Å². The van der Waals surface area contributed by atoms with Crippen molar-refractivity contribution in [3.8, 4) is 0 Å². The molecule has 2 N–H and O–H groups in total. The number of amides is 2. The first kappa shape index (κ1) is 23.1. The summed E-state index contributed by atoms with van der Waals surface area (Å²) in [7, 11) is 0. The number of thiophene rings is 1. The first-order valence-corrected chi connectivity index (χ1v) is 11.2. The van der Waals surface area contributed by atoms with Gasteiger partial charge in [0.2, 0.25) is 0 Å². The lowest BCUT2D eigenvalue weighted by molar-refractivity contribution is -0.384. The topological polar surface area (TPSA) is 114 Å². The fourth-order valence-electron chi connectivity index (χ4n) is 3.09. The molecule has 0 unspecified atom stereocenters. The molecule has 4 rings (SSSR count). The number of non-ortho nitro benzene ring substituents is 1. The van der Waals surface area contributed by atoms with Gasteiger partial charge in [-0.3, -0.25) is 19.7 Å². The maximum absolute atomic E-state index is 12.7. The van der Waals surface area contributed by atoms with Gasteiger partial charge in [0.15, 0.2) is 0 Å². The van der Waals surface area contributed by atoms with Crippen molar-refractivity contribution >= 4 is 62.4 Å². The average Bonchev–Trinajstić information content (AvgIpc) is 3.16. The maximum Gasteiger partial charge on any atom is 0.271 e. The van der Waals surface area contributed by atoms with Gasteiger partial charge in [0, 0.05) is 33.5 Å². The van der Waals surface area contributed by atoms with Crippen molar-refractivity contribution in [2.75, 3.05) is 5.32 Å². The molecule has 8 nitrogen and oxygen atoms in total. The van der Waals surface area contributed by atoms with E-state index in [9.17, 15) is 19.7 Å². The molecule has 0 aliphatic carbocycles. The highest BCUT2D eigenvalue weighted by Gasteiger charge is 2.19. The van der Waals surface area contributed by atoms with Crippen LogP contribution in [0.1, 0.15) is 31.2 Å². The van der Waals surface area contributed by atoms with E-state index < -0.39 is 16.7 Å². The molecule has 170 valence electrons. The average molecular weight is 493 g/mol. The van der Waals surface area contributed by atoms with Gasteiger partial charge in [-0.15, -0.1) is 11.3 Å². The number of fused-ring (bicyclic) bond motifs is 1. The lowest BCUT2D eigenvalue weighted by Crippen LogP contribution is -2.17. The molecule has 3 aromatic carbocycles. The second-order valence-electron chi connectivity index (χ2n) is 7.32. The van der Waals surface area contributed by atoms with E-state index in [1.807, 2.05) is 31.2 Å². The normalized spacial score (nSPS) is 11.0. The number of hydrogen-bond acceptors (Lipinski definition) is 6. The minimum Gasteiger partial charge on any atom is -0.321 e. The summed E-state index contributed by atoms with van der Waals surface area (Å²) in [5, 5.41) is 18.5. The van der Waals surface area contributed by atoms with Gasteiger partial charge < -0.3 is 5.32 Å². The predicted octanol–water partition coefficient (Wildman–Crippen LogP) is 5.79. The first-order chi connectivity index (χ1) is 16.3. The van der Waals surface area contributed by atoms with Crippen LogP contribution in [-0.2, 0) is 0 Å². The van der Waals surface area contributed by atoms with Gasteiger partial charge in [0.05, 0.1) is 16.2 Å². The Hall–Kier alpha value is -4.08. The molecule has 0 aliphatic rings. The molecule has 0 fully saturated rings. The Bertz CT molecular complexity index is 1430. The predicted molar refractivity (Wildman–Crippen MR) is 134 cm³/mol. The van der Waals surface area contributed by atoms with Crippen molar-refractivity contribution in [3.05, 3.63) is 103 Å². The molecule has 0 aliphatic heterocycles. The summed E-state index contributed by atoms with van der Waals surface area (Å²) in [6, 6.07) is 18.2. The quantitative estimate of drug-likeness (QED) is 0.201. The number of nitro groups is 1. The lowest BCUT2D eigenvalue weighted by Gasteiger charge is -2.05. The van der Waals surface area contributed by atoms with Gasteiger partial charge in [-0.2, -0.15) is 5.10 Å².